The summed E-state index contributed by atoms with van der Waals surface area (Å²) in [6.45, 7) is 0.606. The lowest BCUT2D eigenvalue weighted by atomic mass is 9.84. The molecule has 30 heavy (non-hydrogen) atoms. The molecule has 0 unspecified atom stereocenters. The number of likely N-dealkylation sites (tertiary alicyclic amines) is 1. The standard InChI is InChI=1S/C19H20ClF3N4O2S/c20-14-3-1-13(2-4-14)18(28)7-9-26(10-8-18)17(24)25-12-27(29)11-15-5-6-16(30-15)19(21,22)23/h1-6,12,24,28-29H,7-11H2/b24-17?,25-12-. The molecule has 1 saturated heterocycles. The Morgan fingerprint density at radius 3 is 2.43 bits per heavy atom. The fourth-order valence-corrected chi connectivity index (χ4v) is 4.15. The van der Waals surface area contributed by atoms with Gasteiger partial charge in [-0.05, 0) is 42.7 Å². The first-order chi connectivity index (χ1) is 14.1. The number of alkyl halides is 3. The van der Waals surface area contributed by atoms with E-state index < -0.39 is 16.7 Å². The van der Waals surface area contributed by atoms with Gasteiger partial charge in [0.2, 0.25) is 5.96 Å². The zero-order chi connectivity index (χ0) is 21.9. The van der Waals surface area contributed by atoms with E-state index in [4.69, 9.17) is 17.0 Å². The largest absolute Gasteiger partial charge is 0.425 e. The first-order valence-electron chi connectivity index (χ1n) is 9.04. The van der Waals surface area contributed by atoms with Crippen LogP contribution in [0.25, 0.3) is 0 Å². The van der Waals surface area contributed by atoms with E-state index in [1.807, 2.05) is 0 Å². The zero-order valence-corrected chi connectivity index (χ0v) is 17.3. The third-order valence-corrected chi connectivity index (χ3v) is 6.21. The van der Waals surface area contributed by atoms with Crippen LogP contribution in [0.4, 0.5) is 13.2 Å². The van der Waals surface area contributed by atoms with Crippen molar-refractivity contribution in [1.29, 1.82) is 5.41 Å². The molecular weight excluding hydrogens is 441 g/mol. The summed E-state index contributed by atoms with van der Waals surface area (Å²) < 4.78 is 37.9. The zero-order valence-electron chi connectivity index (χ0n) is 15.7. The number of piperidine rings is 1. The van der Waals surface area contributed by atoms with Crippen LogP contribution in [0.5, 0.6) is 0 Å². The van der Waals surface area contributed by atoms with Gasteiger partial charge >= 0.3 is 6.18 Å². The second kappa shape index (κ2) is 8.93. The van der Waals surface area contributed by atoms with E-state index >= 15 is 0 Å². The summed E-state index contributed by atoms with van der Waals surface area (Å²) in [4.78, 5) is 5.10. The average molecular weight is 461 g/mol. The highest BCUT2D eigenvalue weighted by molar-refractivity contribution is 7.12. The van der Waals surface area contributed by atoms with Crippen LogP contribution in [-0.4, -0.2) is 45.7 Å². The molecule has 1 aliphatic rings. The van der Waals surface area contributed by atoms with Crippen LogP contribution in [0, 0.1) is 5.41 Å². The molecule has 6 nitrogen and oxygen atoms in total. The summed E-state index contributed by atoms with van der Waals surface area (Å²) in [5.41, 5.74) is -0.249. The smallest absolute Gasteiger partial charge is 0.385 e. The predicted molar refractivity (Wildman–Crippen MR) is 109 cm³/mol. The maximum atomic E-state index is 12.6. The summed E-state index contributed by atoms with van der Waals surface area (Å²) in [6.07, 6.45) is -2.63. The van der Waals surface area contributed by atoms with Crippen LogP contribution < -0.4 is 0 Å². The molecule has 0 amide bonds. The van der Waals surface area contributed by atoms with Crippen LogP contribution in [0.1, 0.15) is 28.2 Å². The Morgan fingerprint density at radius 2 is 1.87 bits per heavy atom. The molecule has 11 heteroatoms. The number of hydroxylamine groups is 2. The predicted octanol–water partition coefficient (Wildman–Crippen LogP) is 4.56. The lowest BCUT2D eigenvalue weighted by Gasteiger charge is -2.38. The number of hydrogen-bond acceptors (Lipinski definition) is 4. The normalized spacial score (nSPS) is 16.8. The minimum atomic E-state index is -4.42. The van der Waals surface area contributed by atoms with Gasteiger partial charge in [0.05, 0.1) is 12.1 Å². The number of hydrogen-bond donors (Lipinski definition) is 3. The summed E-state index contributed by atoms with van der Waals surface area (Å²) in [7, 11) is 0. The van der Waals surface area contributed by atoms with E-state index in [0.29, 0.717) is 52.2 Å². The van der Waals surface area contributed by atoms with Crippen LogP contribution >= 0.6 is 22.9 Å². The van der Waals surface area contributed by atoms with Gasteiger partial charge in [0.1, 0.15) is 11.2 Å². The molecule has 1 fully saturated rings. The van der Waals surface area contributed by atoms with Crippen molar-refractivity contribution < 1.29 is 23.5 Å². The molecule has 0 atom stereocenters. The molecule has 2 aromatic rings. The van der Waals surface area contributed by atoms with Gasteiger partial charge in [-0.2, -0.15) is 13.2 Å². The van der Waals surface area contributed by atoms with Crippen LogP contribution in [0.3, 0.4) is 0 Å². The summed E-state index contributed by atoms with van der Waals surface area (Å²) >= 11 is 6.43. The fraction of sp³-hybridized carbons (Fsp3) is 0.368. The number of thiophene rings is 1. The van der Waals surface area contributed by atoms with Gasteiger partial charge in [0.25, 0.3) is 0 Å². The van der Waals surface area contributed by atoms with Gasteiger partial charge in [-0.15, -0.1) is 11.3 Å². The number of nitrogens with zero attached hydrogens (tertiary/aromatic N) is 3. The van der Waals surface area contributed by atoms with Crippen molar-refractivity contribution in [3.8, 4) is 0 Å². The van der Waals surface area contributed by atoms with Crippen molar-refractivity contribution >= 4 is 35.2 Å². The number of nitrogens with one attached hydrogen (secondary N) is 1. The van der Waals surface area contributed by atoms with Gasteiger partial charge in [0, 0.05) is 23.0 Å². The van der Waals surface area contributed by atoms with Crippen molar-refractivity contribution in [1.82, 2.24) is 9.96 Å². The van der Waals surface area contributed by atoms with Crippen LogP contribution in [-0.2, 0) is 18.3 Å². The van der Waals surface area contributed by atoms with E-state index in [1.54, 1.807) is 29.2 Å². The Labute approximate surface area is 180 Å². The molecule has 1 aromatic heterocycles. The molecule has 2 heterocycles. The number of rotatable bonds is 4. The Bertz CT molecular complexity index is 909. The first-order valence-corrected chi connectivity index (χ1v) is 10.2. The van der Waals surface area contributed by atoms with E-state index in [9.17, 15) is 23.5 Å². The molecule has 0 spiro atoms. The van der Waals surface area contributed by atoms with Gasteiger partial charge < -0.3 is 10.0 Å². The summed E-state index contributed by atoms with van der Waals surface area (Å²) in [6, 6.07) is 9.24. The first kappa shape index (κ1) is 22.5. The third-order valence-electron chi connectivity index (χ3n) is 4.84. The van der Waals surface area contributed by atoms with E-state index in [0.717, 1.165) is 18.0 Å². The monoisotopic (exact) mass is 460 g/mol. The molecule has 1 aromatic carbocycles. The molecule has 3 N–H and O–H groups in total. The SMILES string of the molecule is N=C(/N=C\N(O)Cc1ccc(C(F)(F)F)s1)N1CCC(O)(c2ccc(Cl)cc2)CC1. The van der Waals surface area contributed by atoms with E-state index in [2.05, 4.69) is 4.99 Å². The quantitative estimate of drug-likeness (QED) is 0.355. The molecular formula is C19H20ClF3N4O2S. The minimum Gasteiger partial charge on any atom is -0.385 e. The van der Waals surface area contributed by atoms with Crippen molar-refractivity contribution in [3.05, 3.63) is 56.7 Å². The molecule has 0 aliphatic carbocycles. The number of aliphatic hydroxyl groups is 1. The highest BCUT2D eigenvalue weighted by atomic mass is 35.5. The maximum absolute atomic E-state index is 12.6. The Hall–Kier alpha value is -2.14. The second-order valence-electron chi connectivity index (χ2n) is 6.95. The Kier molecular flexibility index (Phi) is 6.71. The number of halogens is 4. The van der Waals surface area contributed by atoms with Gasteiger partial charge in [-0.1, -0.05) is 23.7 Å². The number of guanidine groups is 1. The van der Waals surface area contributed by atoms with Crippen molar-refractivity contribution in [2.45, 2.75) is 31.2 Å². The minimum absolute atomic E-state index is 0.102. The molecule has 1 aliphatic heterocycles. The summed E-state index contributed by atoms with van der Waals surface area (Å²) in [5.74, 6) is -0.102. The summed E-state index contributed by atoms with van der Waals surface area (Å²) in [5, 5.41) is 30.0. The topological polar surface area (TPSA) is 83.2 Å². The number of aliphatic imine (C=N–C) groups is 1. The van der Waals surface area contributed by atoms with Gasteiger partial charge in [-0.3, -0.25) is 10.6 Å². The molecule has 0 radical (unpaired) electrons. The van der Waals surface area contributed by atoms with E-state index in [1.165, 1.54) is 6.07 Å². The Morgan fingerprint density at radius 1 is 1.23 bits per heavy atom. The van der Waals surface area contributed by atoms with Crippen molar-refractivity contribution in [2.75, 3.05) is 13.1 Å². The van der Waals surface area contributed by atoms with Gasteiger partial charge in [0.15, 0.2) is 0 Å². The van der Waals surface area contributed by atoms with Crippen molar-refractivity contribution in [2.24, 2.45) is 4.99 Å². The lowest BCUT2D eigenvalue weighted by molar-refractivity contribution is -0.134. The highest BCUT2D eigenvalue weighted by Gasteiger charge is 2.35. The van der Waals surface area contributed by atoms with Crippen molar-refractivity contribution in [3.63, 3.8) is 0 Å². The molecule has 0 saturated carbocycles. The highest BCUT2D eigenvalue weighted by Crippen LogP contribution is 2.35. The molecule has 162 valence electrons. The third kappa shape index (κ3) is 5.51. The fourth-order valence-electron chi connectivity index (χ4n) is 3.16. The maximum Gasteiger partial charge on any atom is 0.425 e. The van der Waals surface area contributed by atoms with Crippen LogP contribution in [0.2, 0.25) is 5.02 Å². The Balaban J connectivity index is 1.52. The van der Waals surface area contributed by atoms with Crippen LogP contribution in [0.15, 0.2) is 41.4 Å². The average Bonchev–Trinajstić information content (AvgIpc) is 3.16. The number of benzene rings is 1. The van der Waals surface area contributed by atoms with E-state index in [-0.39, 0.29) is 12.5 Å². The second-order valence-corrected chi connectivity index (χ2v) is 8.56. The molecule has 3 rings (SSSR count). The molecule has 0 bridgehead atoms. The lowest BCUT2D eigenvalue weighted by Crippen LogP contribution is -2.44. The van der Waals surface area contributed by atoms with Gasteiger partial charge in [-0.25, -0.2) is 10.1 Å².